The molecule has 2 rings (SSSR count). The van der Waals surface area contributed by atoms with Crippen molar-refractivity contribution in [1.82, 2.24) is 5.32 Å². The number of amides is 2. The number of urea groups is 1. The lowest BCUT2D eigenvalue weighted by Crippen LogP contribution is -2.37. The average Bonchev–Trinajstić information content (AvgIpc) is 2.51. The van der Waals surface area contributed by atoms with Gasteiger partial charge in [-0.15, -0.1) is 0 Å². The molecule has 1 unspecified atom stereocenters. The Labute approximate surface area is 134 Å². The van der Waals surface area contributed by atoms with E-state index in [0.717, 1.165) is 5.56 Å². The number of benzene rings is 2. The summed E-state index contributed by atoms with van der Waals surface area (Å²) in [5.74, 6) is 0.225. The fraction of sp³-hybridized carbons (Fsp3) is 0.235. The SMILES string of the molecule is Cc1cccc(OCC(O)CNC(=O)Nc2cccc(F)c2)c1. The van der Waals surface area contributed by atoms with Gasteiger partial charge in [0.05, 0.1) is 0 Å². The number of aliphatic hydroxyl groups is 1. The Kier molecular flexibility index (Phi) is 5.94. The normalized spacial score (nSPS) is 11.6. The van der Waals surface area contributed by atoms with Crippen LogP contribution in [0.2, 0.25) is 0 Å². The number of aryl methyl sites for hydroxylation is 1. The smallest absolute Gasteiger partial charge is 0.319 e. The lowest BCUT2D eigenvalue weighted by Gasteiger charge is -2.14. The molecule has 0 spiro atoms. The van der Waals surface area contributed by atoms with Gasteiger partial charge in [-0.25, -0.2) is 9.18 Å². The van der Waals surface area contributed by atoms with Crippen molar-refractivity contribution in [2.24, 2.45) is 0 Å². The van der Waals surface area contributed by atoms with Crippen LogP contribution < -0.4 is 15.4 Å². The fourth-order valence-corrected chi connectivity index (χ4v) is 1.91. The second-order valence-electron chi connectivity index (χ2n) is 5.13. The number of anilines is 1. The van der Waals surface area contributed by atoms with Gasteiger partial charge in [0.25, 0.3) is 0 Å². The lowest BCUT2D eigenvalue weighted by molar-refractivity contribution is 0.108. The Morgan fingerprint density at radius 3 is 2.78 bits per heavy atom. The molecule has 1 atom stereocenters. The molecule has 0 saturated heterocycles. The van der Waals surface area contributed by atoms with Gasteiger partial charge >= 0.3 is 6.03 Å². The molecule has 0 bridgehead atoms. The number of halogens is 1. The summed E-state index contributed by atoms with van der Waals surface area (Å²) in [6.07, 6.45) is -0.853. The Hall–Kier alpha value is -2.60. The van der Waals surface area contributed by atoms with E-state index in [4.69, 9.17) is 4.74 Å². The van der Waals surface area contributed by atoms with Crippen molar-refractivity contribution >= 4 is 11.7 Å². The number of aliphatic hydroxyl groups excluding tert-OH is 1. The Morgan fingerprint density at radius 1 is 1.26 bits per heavy atom. The molecule has 3 N–H and O–H groups in total. The molecule has 2 amide bonds. The first-order valence-electron chi connectivity index (χ1n) is 7.21. The maximum absolute atomic E-state index is 13.0. The van der Waals surface area contributed by atoms with Crippen molar-refractivity contribution in [2.75, 3.05) is 18.5 Å². The highest BCUT2D eigenvalue weighted by Gasteiger charge is 2.08. The van der Waals surface area contributed by atoms with Crippen LogP contribution in [0.25, 0.3) is 0 Å². The van der Waals surface area contributed by atoms with E-state index in [0.29, 0.717) is 11.4 Å². The summed E-state index contributed by atoms with van der Waals surface area (Å²) in [6, 6.07) is 12.5. The predicted molar refractivity (Wildman–Crippen MR) is 86.1 cm³/mol. The molecule has 0 heterocycles. The van der Waals surface area contributed by atoms with Crippen LogP contribution >= 0.6 is 0 Å². The first kappa shape index (κ1) is 16.8. The molecule has 5 nitrogen and oxygen atoms in total. The van der Waals surface area contributed by atoms with E-state index in [1.807, 2.05) is 25.1 Å². The second kappa shape index (κ2) is 8.14. The molecule has 23 heavy (non-hydrogen) atoms. The standard InChI is InChI=1S/C17H19FN2O3/c1-12-4-2-7-16(8-12)23-11-15(21)10-19-17(22)20-14-6-3-5-13(18)9-14/h2-9,15,21H,10-11H2,1H3,(H2,19,20,22). The third-order valence-electron chi connectivity index (χ3n) is 3.01. The third-order valence-corrected chi connectivity index (χ3v) is 3.01. The first-order valence-corrected chi connectivity index (χ1v) is 7.21. The van der Waals surface area contributed by atoms with Crippen molar-refractivity contribution in [2.45, 2.75) is 13.0 Å². The van der Waals surface area contributed by atoms with Crippen LogP contribution in [0.4, 0.5) is 14.9 Å². The van der Waals surface area contributed by atoms with Crippen molar-refractivity contribution < 1.29 is 19.0 Å². The highest BCUT2D eigenvalue weighted by molar-refractivity contribution is 5.89. The van der Waals surface area contributed by atoms with Crippen molar-refractivity contribution in [3.05, 3.63) is 59.9 Å². The molecule has 0 saturated carbocycles. The van der Waals surface area contributed by atoms with E-state index >= 15 is 0 Å². The van der Waals surface area contributed by atoms with Gasteiger partial charge in [-0.3, -0.25) is 0 Å². The number of ether oxygens (including phenoxy) is 1. The van der Waals surface area contributed by atoms with Crippen LogP contribution in [0, 0.1) is 12.7 Å². The largest absolute Gasteiger partial charge is 0.491 e. The van der Waals surface area contributed by atoms with Gasteiger partial charge in [-0.1, -0.05) is 18.2 Å². The number of carbonyl (C=O) groups excluding carboxylic acids is 1. The van der Waals surface area contributed by atoms with Gasteiger partial charge in [0.1, 0.15) is 24.3 Å². The summed E-state index contributed by atoms with van der Waals surface area (Å²) < 4.78 is 18.4. The zero-order valence-electron chi connectivity index (χ0n) is 12.8. The topological polar surface area (TPSA) is 70.6 Å². The summed E-state index contributed by atoms with van der Waals surface area (Å²) in [4.78, 5) is 11.7. The number of carbonyl (C=O) groups is 1. The molecule has 0 radical (unpaired) electrons. The van der Waals surface area contributed by atoms with Crippen molar-refractivity contribution in [1.29, 1.82) is 0 Å². The Morgan fingerprint density at radius 2 is 2.04 bits per heavy atom. The maximum atomic E-state index is 13.0. The number of hydrogen-bond acceptors (Lipinski definition) is 3. The van der Waals surface area contributed by atoms with E-state index in [1.54, 1.807) is 12.1 Å². The number of nitrogens with one attached hydrogen (secondary N) is 2. The van der Waals surface area contributed by atoms with E-state index in [2.05, 4.69) is 10.6 Å². The molecule has 2 aromatic rings. The summed E-state index contributed by atoms with van der Waals surface area (Å²) in [5.41, 5.74) is 1.40. The van der Waals surface area contributed by atoms with E-state index < -0.39 is 18.0 Å². The van der Waals surface area contributed by atoms with Gasteiger partial charge < -0.3 is 20.5 Å². The molecule has 0 aromatic heterocycles. The fourth-order valence-electron chi connectivity index (χ4n) is 1.91. The van der Waals surface area contributed by atoms with E-state index in [1.165, 1.54) is 18.2 Å². The number of hydrogen-bond donors (Lipinski definition) is 3. The zero-order chi connectivity index (χ0) is 16.7. The summed E-state index contributed by atoms with van der Waals surface area (Å²) in [6.45, 7) is 2.03. The van der Waals surface area contributed by atoms with Crippen LogP contribution in [0.3, 0.4) is 0 Å². The first-order chi connectivity index (χ1) is 11.0. The van der Waals surface area contributed by atoms with Crippen LogP contribution in [-0.2, 0) is 0 Å². The Bertz CT molecular complexity index is 664. The molecule has 0 aliphatic rings. The lowest BCUT2D eigenvalue weighted by atomic mass is 10.2. The van der Waals surface area contributed by atoms with Gasteiger partial charge in [0, 0.05) is 12.2 Å². The molecule has 0 aliphatic heterocycles. The minimum absolute atomic E-state index is 0.0208. The third kappa shape index (κ3) is 5.96. The summed E-state index contributed by atoms with van der Waals surface area (Å²) in [7, 11) is 0. The molecular weight excluding hydrogens is 299 g/mol. The van der Waals surface area contributed by atoms with Crippen LogP contribution in [-0.4, -0.2) is 30.4 Å². The van der Waals surface area contributed by atoms with Crippen LogP contribution in [0.5, 0.6) is 5.75 Å². The van der Waals surface area contributed by atoms with Gasteiger partial charge in [-0.2, -0.15) is 0 Å². The van der Waals surface area contributed by atoms with Crippen molar-refractivity contribution in [3.8, 4) is 5.75 Å². The molecular formula is C17H19FN2O3. The van der Waals surface area contributed by atoms with Crippen LogP contribution in [0.15, 0.2) is 48.5 Å². The Balaban J connectivity index is 1.71. The highest BCUT2D eigenvalue weighted by atomic mass is 19.1. The zero-order valence-corrected chi connectivity index (χ0v) is 12.8. The molecule has 122 valence electrons. The minimum atomic E-state index is -0.853. The highest BCUT2D eigenvalue weighted by Crippen LogP contribution is 2.12. The molecule has 0 aliphatic carbocycles. The molecule has 2 aromatic carbocycles. The predicted octanol–water partition coefficient (Wildman–Crippen LogP) is 2.70. The van der Waals surface area contributed by atoms with Gasteiger partial charge in [-0.05, 0) is 42.8 Å². The van der Waals surface area contributed by atoms with E-state index in [9.17, 15) is 14.3 Å². The van der Waals surface area contributed by atoms with E-state index in [-0.39, 0.29) is 13.2 Å². The quantitative estimate of drug-likeness (QED) is 0.767. The second-order valence-corrected chi connectivity index (χ2v) is 5.13. The number of rotatable bonds is 6. The summed E-state index contributed by atoms with van der Waals surface area (Å²) >= 11 is 0. The average molecular weight is 318 g/mol. The monoisotopic (exact) mass is 318 g/mol. The molecule has 0 fully saturated rings. The van der Waals surface area contributed by atoms with Gasteiger partial charge in [0.15, 0.2) is 0 Å². The van der Waals surface area contributed by atoms with Crippen LogP contribution in [0.1, 0.15) is 5.56 Å². The minimum Gasteiger partial charge on any atom is -0.491 e. The summed E-state index contributed by atoms with van der Waals surface area (Å²) in [5, 5.41) is 14.8. The van der Waals surface area contributed by atoms with Crippen molar-refractivity contribution in [3.63, 3.8) is 0 Å². The molecule has 6 heteroatoms. The van der Waals surface area contributed by atoms with Gasteiger partial charge in [0.2, 0.25) is 0 Å². The maximum Gasteiger partial charge on any atom is 0.319 e.